The molecule has 2 heterocycles. The summed E-state index contributed by atoms with van der Waals surface area (Å²) in [5.41, 5.74) is 0.145. The molecule has 0 saturated carbocycles. The minimum absolute atomic E-state index is 0.0320. The molecule has 1 aliphatic rings. The molecule has 1 aliphatic heterocycles. The second kappa shape index (κ2) is 8.08. The number of halogens is 1. The van der Waals surface area contributed by atoms with E-state index in [0.717, 1.165) is 22.9 Å². The van der Waals surface area contributed by atoms with Crippen LogP contribution in [0.25, 0.3) is 0 Å². The van der Waals surface area contributed by atoms with Gasteiger partial charge in [-0.25, -0.2) is 0 Å². The van der Waals surface area contributed by atoms with Crippen LogP contribution in [0.1, 0.15) is 28.8 Å². The van der Waals surface area contributed by atoms with Crippen LogP contribution < -0.4 is 5.32 Å². The highest BCUT2D eigenvalue weighted by molar-refractivity contribution is 9.10. The molecule has 1 saturated heterocycles. The lowest BCUT2D eigenvalue weighted by Gasteiger charge is -2.39. The molecule has 0 bridgehead atoms. The number of carbonyl (C=O) groups excluding carboxylic acids is 1. The molecular formula is C19H21BrN2O3. The second-order valence-electron chi connectivity index (χ2n) is 6.25. The van der Waals surface area contributed by atoms with Crippen LogP contribution in [0.4, 0.5) is 0 Å². The first-order valence-electron chi connectivity index (χ1n) is 8.34. The van der Waals surface area contributed by atoms with Crippen LogP contribution in [0.15, 0.2) is 53.3 Å². The number of ether oxygens (including phenoxy) is 1. The van der Waals surface area contributed by atoms with E-state index in [1.807, 2.05) is 30.3 Å². The van der Waals surface area contributed by atoms with Gasteiger partial charge >= 0.3 is 0 Å². The Hall–Kier alpha value is -1.76. The van der Waals surface area contributed by atoms with Gasteiger partial charge in [-0.05, 0) is 46.3 Å². The van der Waals surface area contributed by atoms with Gasteiger partial charge in [0, 0.05) is 30.1 Å². The molecule has 0 unspecified atom stereocenters. The number of carbonyl (C=O) groups is 1. The zero-order valence-electron chi connectivity index (χ0n) is 13.8. The average molecular weight is 405 g/mol. The first kappa shape index (κ1) is 18.0. The minimum atomic E-state index is -1.12. The van der Waals surface area contributed by atoms with E-state index in [1.165, 1.54) is 6.20 Å². The molecule has 3 rings (SSSR count). The summed E-state index contributed by atoms with van der Waals surface area (Å²) in [4.78, 5) is 16.5. The Morgan fingerprint density at radius 3 is 2.68 bits per heavy atom. The zero-order valence-corrected chi connectivity index (χ0v) is 15.4. The normalized spacial score (nSPS) is 17.7. The van der Waals surface area contributed by atoms with Crippen molar-refractivity contribution in [3.8, 4) is 0 Å². The molecular weight excluding hydrogens is 384 g/mol. The van der Waals surface area contributed by atoms with Crippen LogP contribution in [0.5, 0.6) is 0 Å². The van der Waals surface area contributed by atoms with E-state index in [4.69, 9.17) is 4.74 Å². The minimum Gasteiger partial charge on any atom is -0.383 e. The summed E-state index contributed by atoms with van der Waals surface area (Å²) in [6.07, 6.45) is 4.66. The number of rotatable bonds is 5. The molecule has 1 aromatic carbocycles. The summed E-state index contributed by atoms with van der Waals surface area (Å²) >= 11 is 3.31. The van der Waals surface area contributed by atoms with Crippen molar-refractivity contribution in [2.75, 3.05) is 19.8 Å². The van der Waals surface area contributed by atoms with Crippen LogP contribution in [-0.2, 0) is 10.3 Å². The molecule has 1 atom stereocenters. The molecule has 2 aromatic rings. The lowest BCUT2D eigenvalue weighted by Crippen LogP contribution is -2.47. The van der Waals surface area contributed by atoms with Crippen LogP contribution >= 0.6 is 15.9 Å². The van der Waals surface area contributed by atoms with Gasteiger partial charge in [-0.3, -0.25) is 9.78 Å². The number of hydrogen-bond acceptors (Lipinski definition) is 4. The predicted octanol–water partition coefficient (Wildman–Crippen LogP) is 2.89. The quantitative estimate of drug-likeness (QED) is 0.803. The number of nitrogens with one attached hydrogen (secondary N) is 1. The van der Waals surface area contributed by atoms with Crippen molar-refractivity contribution in [1.29, 1.82) is 0 Å². The van der Waals surface area contributed by atoms with E-state index in [0.29, 0.717) is 18.8 Å². The average Bonchev–Trinajstić information content (AvgIpc) is 2.67. The number of hydrogen-bond donors (Lipinski definition) is 2. The first-order chi connectivity index (χ1) is 12.1. The number of aliphatic hydroxyl groups is 1. The Morgan fingerprint density at radius 1 is 1.28 bits per heavy atom. The van der Waals surface area contributed by atoms with Crippen molar-refractivity contribution in [2.45, 2.75) is 18.4 Å². The molecule has 1 fully saturated rings. The number of benzene rings is 1. The Kier molecular flexibility index (Phi) is 5.83. The fourth-order valence-corrected chi connectivity index (χ4v) is 3.60. The molecule has 1 aromatic heterocycles. The maximum absolute atomic E-state index is 12.4. The van der Waals surface area contributed by atoms with E-state index in [-0.39, 0.29) is 18.4 Å². The van der Waals surface area contributed by atoms with Crippen LogP contribution in [0.3, 0.4) is 0 Å². The summed E-state index contributed by atoms with van der Waals surface area (Å²) in [7, 11) is 0. The van der Waals surface area contributed by atoms with Crippen molar-refractivity contribution in [2.24, 2.45) is 5.92 Å². The van der Waals surface area contributed by atoms with Gasteiger partial charge in [0.1, 0.15) is 5.60 Å². The SMILES string of the molecule is O=C(NC[C@@](O)(c1ccccc1)C1CCOCC1)c1cncc(Br)c1. The summed E-state index contributed by atoms with van der Waals surface area (Å²) in [6, 6.07) is 11.2. The van der Waals surface area contributed by atoms with Crippen molar-refractivity contribution in [3.05, 3.63) is 64.4 Å². The number of amides is 1. The topological polar surface area (TPSA) is 71.5 Å². The van der Waals surface area contributed by atoms with E-state index < -0.39 is 5.60 Å². The van der Waals surface area contributed by atoms with Crippen LogP contribution in [0, 0.1) is 5.92 Å². The van der Waals surface area contributed by atoms with E-state index >= 15 is 0 Å². The van der Waals surface area contributed by atoms with Crippen molar-refractivity contribution >= 4 is 21.8 Å². The van der Waals surface area contributed by atoms with E-state index in [2.05, 4.69) is 26.2 Å². The summed E-state index contributed by atoms with van der Waals surface area (Å²) < 4.78 is 6.17. The third-order valence-electron chi connectivity index (χ3n) is 4.66. The van der Waals surface area contributed by atoms with Gasteiger partial charge in [0.25, 0.3) is 5.91 Å². The van der Waals surface area contributed by atoms with Gasteiger partial charge in [-0.15, -0.1) is 0 Å². The number of pyridine rings is 1. The molecule has 0 radical (unpaired) electrons. The van der Waals surface area contributed by atoms with Gasteiger partial charge in [-0.2, -0.15) is 0 Å². The van der Waals surface area contributed by atoms with Crippen LogP contribution in [0.2, 0.25) is 0 Å². The fourth-order valence-electron chi connectivity index (χ4n) is 3.24. The largest absolute Gasteiger partial charge is 0.383 e. The van der Waals surface area contributed by atoms with E-state index in [9.17, 15) is 9.90 Å². The predicted molar refractivity (Wildman–Crippen MR) is 98.2 cm³/mol. The van der Waals surface area contributed by atoms with Gasteiger partial charge in [-0.1, -0.05) is 30.3 Å². The molecule has 0 spiro atoms. The molecule has 1 amide bonds. The van der Waals surface area contributed by atoms with E-state index in [1.54, 1.807) is 12.3 Å². The summed E-state index contributed by atoms with van der Waals surface area (Å²) in [6.45, 7) is 1.40. The van der Waals surface area contributed by atoms with Gasteiger partial charge < -0.3 is 15.2 Å². The lowest BCUT2D eigenvalue weighted by atomic mass is 9.77. The summed E-state index contributed by atoms with van der Waals surface area (Å²) in [5, 5.41) is 14.3. The standard InChI is InChI=1S/C19H21BrN2O3/c20-17-10-14(11-21-12-17)18(23)22-13-19(24,15-4-2-1-3-5-15)16-6-8-25-9-7-16/h1-5,10-12,16,24H,6-9,13H2,(H,22,23)/t19-/m1/s1. The van der Waals surface area contributed by atoms with Crippen LogP contribution in [-0.4, -0.2) is 35.8 Å². The summed E-state index contributed by atoms with van der Waals surface area (Å²) in [5.74, 6) is -0.222. The van der Waals surface area contributed by atoms with Crippen molar-refractivity contribution < 1.29 is 14.6 Å². The van der Waals surface area contributed by atoms with Gasteiger partial charge in [0.15, 0.2) is 0 Å². The highest BCUT2D eigenvalue weighted by Gasteiger charge is 2.39. The Morgan fingerprint density at radius 2 is 2.00 bits per heavy atom. The van der Waals surface area contributed by atoms with Gasteiger partial charge in [0.2, 0.25) is 0 Å². The highest BCUT2D eigenvalue weighted by atomic mass is 79.9. The van der Waals surface area contributed by atoms with Crippen molar-refractivity contribution in [3.63, 3.8) is 0 Å². The lowest BCUT2D eigenvalue weighted by molar-refractivity contribution is -0.0680. The third-order valence-corrected chi connectivity index (χ3v) is 5.09. The van der Waals surface area contributed by atoms with Gasteiger partial charge in [0.05, 0.1) is 12.1 Å². The number of aromatic nitrogens is 1. The highest BCUT2D eigenvalue weighted by Crippen LogP contribution is 2.35. The molecule has 0 aliphatic carbocycles. The Labute approximate surface area is 155 Å². The molecule has 2 N–H and O–H groups in total. The molecule has 132 valence electrons. The first-order valence-corrected chi connectivity index (χ1v) is 9.13. The Balaban J connectivity index is 1.79. The van der Waals surface area contributed by atoms with Crippen molar-refractivity contribution in [1.82, 2.24) is 10.3 Å². The fraction of sp³-hybridized carbons (Fsp3) is 0.368. The Bertz CT molecular complexity index is 720. The number of nitrogens with zero attached hydrogens (tertiary/aromatic N) is 1. The zero-order chi connectivity index (χ0) is 17.7. The molecule has 25 heavy (non-hydrogen) atoms. The molecule has 5 nitrogen and oxygen atoms in total. The maximum Gasteiger partial charge on any atom is 0.252 e. The molecule has 6 heteroatoms. The monoisotopic (exact) mass is 404 g/mol. The third kappa shape index (κ3) is 4.26. The maximum atomic E-state index is 12.4. The second-order valence-corrected chi connectivity index (χ2v) is 7.17. The smallest absolute Gasteiger partial charge is 0.252 e.